The zero-order chi connectivity index (χ0) is 16.6. The Morgan fingerprint density at radius 1 is 1.39 bits per heavy atom. The number of anilines is 1. The van der Waals surface area contributed by atoms with Gasteiger partial charge >= 0.3 is 0 Å². The molecule has 1 aromatic rings. The number of benzene rings is 1. The van der Waals surface area contributed by atoms with Gasteiger partial charge in [-0.15, -0.1) is 0 Å². The molecule has 3 N–H and O–H groups in total. The van der Waals surface area contributed by atoms with E-state index in [-0.39, 0.29) is 18.2 Å². The number of fused-ring (bicyclic) bond motifs is 1. The Morgan fingerprint density at radius 3 is 2.83 bits per heavy atom. The molecule has 2 heterocycles. The third-order valence-electron chi connectivity index (χ3n) is 3.52. The van der Waals surface area contributed by atoms with Crippen molar-refractivity contribution in [1.29, 1.82) is 0 Å². The van der Waals surface area contributed by atoms with Crippen LogP contribution < -0.4 is 16.1 Å². The zero-order valence-electron chi connectivity index (χ0n) is 12.7. The second-order valence-electron chi connectivity index (χ2n) is 5.50. The first kappa shape index (κ1) is 15.4. The monoisotopic (exact) mass is 333 g/mol. The van der Waals surface area contributed by atoms with Gasteiger partial charge in [0, 0.05) is 0 Å². The van der Waals surface area contributed by atoms with E-state index < -0.39 is 6.04 Å². The van der Waals surface area contributed by atoms with Crippen LogP contribution in [0, 0.1) is 0 Å². The molecule has 23 heavy (non-hydrogen) atoms. The van der Waals surface area contributed by atoms with Gasteiger partial charge in [0.25, 0.3) is 0 Å². The van der Waals surface area contributed by atoms with Crippen LogP contribution in [0.1, 0.15) is 20.3 Å². The Kier molecular flexibility index (Phi) is 3.96. The molecule has 1 aromatic carbocycles. The standard InChI is InChI=1S/C15H16ClN5O2/c1-8(2)13-19-15-18-12(22)7-11(21(15)20-13)14(23)17-10-6-4-3-5-9(10)16/h3-6,11,20H,7H2,1-2H3,(H,17,23)(H,18,19,22)/t11-/m0/s1. The van der Waals surface area contributed by atoms with Crippen molar-refractivity contribution in [3.05, 3.63) is 40.7 Å². The number of halogens is 1. The fraction of sp³-hybridized carbons (Fsp3) is 0.267. The lowest BCUT2D eigenvalue weighted by Crippen LogP contribution is -2.61. The Hall–Kier alpha value is -2.54. The Labute approximate surface area is 138 Å². The number of nitrogens with zero attached hydrogens (tertiary/aromatic N) is 2. The summed E-state index contributed by atoms with van der Waals surface area (Å²) in [7, 11) is 0. The summed E-state index contributed by atoms with van der Waals surface area (Å²) in [5.74, 6) is 0.369. The van der Waals surface area contributed by atoms with Crippen molar-refractivity contribution in [3.8, 4) is 0 Å². The fourth-order valence-corrected chi connectivity index (χ4v) is 2.50. The summed E-state index contributed by atoms with van der Waals surface area (Å²) < 4.78 is 0. The maximum atomic E-state index is 12.6. The number of aliphatic imine (C=N–C) groups is 1. The summed E-state index contributed by atoms with van der Waals surface area (Å²) in [5, 5.41) is 7.42. The second kappa shape index (κ2) is 5.92. The number of para-hydroxylation sites is 1. The molecule has 2 amide bonds. The minimum atomic E-state index is -0.712. The molecule has 2 aliphatic rings. The topological polar surface area (TPSA) is 85.8 Å². The molecule has 0 radical (unpaired) electrons. The van der Waals surface area contributed by atoms with Crippen LogP contribution in [0.25, 0.3) is 0 Å². The zero-order valence-corrected chi connectivity index (χ0v) is 13.4. The van der Waals surface area contributed by atoms with Gasteiger partial charge < -0.3 is 5.32 Å². The lowest BCUT2D eigenvalue weighted by molar-refractivity contribution is -0.129. The smallest absolute Gasteiger partial charge is 0.249 e. The summed E-state index contributed by atoms with van der Waals surface area (Å²) in [4.78, 5) is 28.7. The van der Waals surface area contributed by atoms with Gasteiger partial charge in [-0.25, -0.2) is 5.01 Å². The Balaban J connectivity index is 1.83. The van der Waals surface area contributed by atoms with Gasteiger partial charge in [0.05, 0.1) is 17.1 Å². The molecule has 0 aromatic heterocycles. The summed E-state index contributed by atoms with van der Waals surface area (Å²) in [6, 6.07) is 6.23. The number of guanidine groups is 1. The highest BCUT2D eigenvalue weighted by Gasteiger charge is 2.39. The largest absolute Gasteiger partial charge is 0.323 e. The molecular formula is C15H16ClN5O2. The van der Waals surface area contributed by atoms with E-state index >= 15 is 0 Å². The van der Waals surface area contributed by atoms with Crippen LogP contribution in [-0.2, 0) is 9.59 Å². The molecule has 120 valence electrons. The van der Waals surface area contributed by atoms with E-state index in [1.165, 1.54) is 0 Å². The maximum absolute atomic E-state index is 12.6. The number of rotatable bonds is 2. The summed E-state index contributed by atoms with van der Waals surface area (Å²) in [6.45, 7) is 3.79. The number of nitrogens with one attached hydrogen (secondary N) is 3. The third-order valence-corrected chi connectivity index (χ3v) is 3.85. The van der Waals surface area contributed by atoms with Crippen LogP contribution in [0.5, 0.6) is 0 Å². The van der Waals surface area contributed by atoms with Crippen LogP contribution >= 0.6 is 11.6 Å². The van der Waals surface area contributed by atoms with E-state index in [1.807, 2.05) is 13.8 Å². The highest BCUT2D eigenvalue weighted by molar-refractivity contribution is 6.33. The number of carbonyl (C=O) groups excluding carboxylic acids is 2. The van der Waals surface area contributed by atoms with E-state index in [0.29, 0.717) is 22.5 Å². The van der Waals surface area contributed by atoms with Crippen LogP contribution in [0.3, 0.4) is 0 Å². The number of hydrazine groups is 1. The predicted octanol–water partition coefficient (Wildman–Crippen LogP) is 1.59. The number of allylic oxidation sites excluding steroid dienone is 1. The molecule has 8 heteroatoms. The van der Waals surface area contributed by atoms with Crippen molar-refractivity contribution in [3.63, 3.8) is 0 Å². The van der Waals surface area contributed by atoms with Crippen molar-refractivity contribution in [1.82, 2.24) is 15.8 Å². The summed E-state index contributed by atoms with van der Waals surface area (Å²) in [6.07, 6.45) is 0.0261. The van der Waals surface area contributed by atoms with Crippen molar-refractivity contribution in [2.75, 3.05) is 5.32 Å². The number of hydrogen-bond acceptors (Lipinski definition) is 5. The van der Waals surface area contributed by atoms with Crippen molar-refractivity contribution in [2.45, 2.75) is 26.3 Å². The first-order chi connectivity index (χ1) is 11.0. The van der Waals surface area contributed by atoms with Crippen molar-refractivity contribution < 1.29 is 9.59 Å². The van der Waals surface area contributed by atoms with Gasteiger partial charge in [0.1, 0.15) is 11.9 Å². The SMILES string of the molecule is CC(C)=C1N=C2NC(=O)C[C@@H](C(=O)Nc3ccccc3Cl)N2N1. The van der Waals surface area contributed by atoms with Crippen LogP contribution in [0.15, 0.2) is 40.7 Å². The highest BCUT2D eigenvalue weighted by Crippen LogP contribution is 2.23. The summed E-state index contributed by atoms with van der Waals surface area (Å²) >= 11 is 6.06. The molecule has 0 bridgehead atoms. The van der Waals surface area contributed by atoms with Gasteiger partial charge in [0.15, 0.2) is 0 Å². The minimum Gasteiger partial charge on any atom is -0.323 e. The van der Waals surface area contributed by atoms with Gasteiger partial charge in [-0.1, -0.05) is 23.7 Å². The Morgan fingerprint density at radius 2 is 2.13 bits per heavy atom. The molecule has 3 rings (SSSR count). The average Bonchev–Trinajstić information content (AvgIpc) is 2.92. The van der Waals surface area contributed by atoms with Gasteiger partial charge in [-0.2, -0.15) is 4.99 Å². The minimum absolute atomic E-state index is 0.0261. The van der Waals surface area contributed by atoms with E-state index in [1.54, 1.807) is 29.3 Å². The first-order valence-corrected chi connectivity index (χ1v) is 7.51. The molecule has 0 aliphatic carbocycles. The van der Waals surface area contributed by atoms with Crippen LogP contribution in [0.2, 0.25) is 5.02 Å². The molecule has 0 unspecified atom stereocenters. The molecule has 1 saturated heterocycles. The average molecular weight is 334 g/mol. The molecule has 2 aliphatic heterocycles. The van der Waals surface area contributed by atoms with Crippen molar-refractivity contribution in [2.24, 2.45) is 4.99 Å². The number of hydrogen-bond donors (Lipinski definition) is 3. The molecule has 0 spiro atoms. The van der Waals surface area contributed by atoms with Crippen LogP contribution in [0.4, 0.5) is 5.69 Å². The van der Waals surface area contributed by atoms with E-state index in [2.05, 4.69) is 21.1 Å². The van der Waals surface area contributed by atoms with Crippen LogP contribution in [-0.4, -0.2) is 28.8 Å². The lowest BCUT2D eigenvalue weighted by Gasteiger charge is -2.32. The predicted molar refractivity (Wildman–Crippen MR) is 87.4 cm³/mol. The fourth-order valence-electron chi connectivity index (χ4n) is 2.32. The second-order valence-corrected chi connectivity index (χ2v) is 5.91. The normalized spacial score (nSPS) is 19.5. The van der Waals surface area contributed by atoms with E-state index in [9.17, 15) is 9.59 Å². The third kappa shape index (κ3) is 3.00. The molecule has 7 nitrogen and oxygen atoms in total. The lowest BCUT2D eigenvalue weighted by atomic mass is 10.1. The van der Waals surface area contributed by atoms with Gasteiger partial charge in [-0.3, -0.25) is 20.3 Å². The van der Waals surface area contributed by atoms with Gasteiger partial charge in [-0.05, 0) is 31.6 Å². The van der Waals surface area contributed by atoms with E-state index in [4.69, 9.17) is 11.6 Å². The highest BCUT2D eigenvalue weighted by atomic mass is 35.5. The molecular weight excluding hydrogens is 318 g/mol. The maximum Gasteiger partial charge on any atom is 0.249 e. The number of amides is 2. The molecule has 0 saturated carbocycles. The van der Waals surface area contributed by atoms with Crippen molar-refractivity contribution >= 4 is 35.1 Å². The number of carbonyl (C=O) groups is 2. The molecule has 1 fully saturated rings. The van der Waals surface area contributed by atoms with Gasteiger partial charge in [0.2, 0.25) is 17.8 Å². The molecule has 1 atom stereocenters. The summed E-state index contributed by atoms with van der Waals surface area (Å²) in [5.41, 5.74) is 4.50. The quantitative estimate of drug-likeness (QED) is 0.767. The first-order valence-electron chi connectivity index (χ1n) is 7.13. The Bertz CT molecular complexity index is 739. The van der Waals surface area contributed by atoms with E-state index in [0.717, 1.165) is 5.57 Å².